The Morgan fingerprint density at radius 2 is 2.00 bits per heavy atom. The van der Waals surface area contributed by atoms with E-state index in [4.69, 9.17) is 0 Å². The number of rotatable bonds is 6. The first-order valence-electron chi connectivity index (χ1n) is 5.82. The zero-order valence-corrected chi connectivity index (χ0v) is 10.2. The van der Waals surface area contributed by atoms with Crippen molar-refractivity contribution >= 4 is 5.97 Å². The molecule has 0 aliphatic carbocycles. The lowest BCUT2D eigenvalue weighted by Crippen LogP contribution is -2.42. The second-order valence-electron chi connectivity index (χ2n) is 4.18. The van der Waals surface area contributed by atoms with Crippen molar-refractivity contribution in [2.75, 3.05) is 0 Å². The third kappa shape index (κ3) is 2.10. The van der Waals surface area contributed by atoms with Gasteiger partial charge in [-0.25, -0.2) is 9.78 Å². The minimum Gasteiger partial charge on any atom is -0.479 e. The summed E-state index contributed by atoms with van der Waals surface area (Å²) in [6.45, 7) is 5.88. The normalized spacial score (nSPS) is 11.7. The molecule has 0 unspecified atom stereocenters. The largest absolute Gasteiger partial charge is 0.479 e. The van der Waals surface area contributed by atoms with E-state index in [-0.39, 0.29) is 0 Å². The number of aromatic nitrogens is 2. The number of aryl methyl sites for hydroxylation is 1. The Balaban J connectivity index is 3.20. The Morgan fingerprint density at radius 1 is 1.44 bits per heavy atom. The molecule has 0 fully saturated rings. The topological polar surface area (TPSA) is 55.1 Å². The number of imidazole rings is 1. The predicted octanol–water partition coefficient (Wildman–Crippen LogP) is 2.57. The Morgan fingerprint density at radius 3 is 2.31 bits per heavy atom. The average molecular weight is 224 g/mol. The zero-order chi connectivity index (χ0) is 12.2. The molecule has 4 heteroatoms. The van der Waals surface area contributed by atoms with Crippen molar-refractivity contribution in [2.45, 2.75) is 52.0 Å². The van der Waals surface area contributed by atoms with Crippen molar-refractivity contribution in [3.8, 4) is 0 Å². The Bertz CT molecular complexity index is 352. The van der Waals surface area contributed by atoms with Gasteiger partial charge >= 0.3 is 5.97 Å². The summed E-state index contributed by atoms with van der Waals surface area (Å²) < 4.78 is 1.81. The lowest BCUT2D eigenvalue weighted by atomic mass is 9.88. The van der Waals surface area contributed by atoms with Crippen LogP contribution in [0.1, 0.15) is 45.4 Å². The minimum absolute atomic E-state index is 0.646. The van der Waals surface area contributed by atoms with E-state index >= 15 is 0 Å². The second-order valence-corrected chi connectivity index (χ2v) is 4.18. The van der Waals surface area contributed by atoms with Crippen molar-refractivity contribution in [3.63, 3.8) is 0 Å². The molecule has 0 aromatic carbocycles. The highest BCUT2D eigenvalue weighted by molar-refractivity contribution is 5.76. The third-order valence-electron chi connectivity index (χ3n) is 3.01. The van der Waals surface area contributed by atoms with Crippen LogP contribution in [0.15, 0.2) is 12.4 Å². The van der Waals surface area contributed by atoms with Crippen LogP contribution in [0.3, 0.4) is 0 Å². The summed E-state index contributed by atoms with van der Waals surface area (Å²) in [4.78, 5) is 15.7. The minimum atomic E-state index is -0.815. The summed E-state index contributed by atoms with van der Waals surface area (Å²) >= 11 is 0. The van der Waals surface area contributed by atoms with Gasteiger partial charge in [-0.05, 0) is 19.8 Å². The van der Waals surface area contributed by atoms with Gasteiger partial charge in [0.05, 0.1) is 0 Å². The molecule has 1 heterocycles. The van der Waals surface area contributed by atoms with Crippen molar-refractivity contribution in [2.24, 2.45) is 0 Å². The first kappa shape index (κ1) is 12.7. The van der Waals surface area contributed by atoms with Crippen LogP contribution < -0.4 is 0 Å². The van der Waals surface area contributed by atoms with E-state index in [2.05, 4.69) is 4.98 Å². The van der Waals surface area contributed by atoms with Gasteiger partial charge in [0.2, 0.25) is 0 Å². The smallest absolute Gasteiger partial charge is 0.329 e. The SMILES string of the molecule is CCCC(CCC)(C(=O)O)n1ccnc1C. The monoisotopic (exact) mass is 224 g/mol. The van der Waals surface area contributed by atoms with E-state index in [1.54, 1.807) is 12.4 Å². The summed E-state index contributed by atoms with van der Waals surface area (Å²) in [6, 6.07) is 0. The summed E-state index contributed by atoms with van der Waals surface area (Å²) in [5.41, 5.74) is -0.815. The van der Waals surface area contributed by atoms with Gasteiger partial charge in [-0.2, -0.15) is 0 Å². The molecule has 0 saturated carbocycles. The summed E-state index contributed by atoms with van der Waals surface area (Å²) in [5, 5.41) is 9.53. The number of nitrogens with zero attached hydrogens (tertiary/aromatic N) is 2. The maximum Gasteiger partial charge on any atom is 0.329 e. The molecule has 1 aromatic rings. The molecule has 0 aliphatic rings. The van der Waals surface area contributed by atoms with Gasteiger partial charge in [0.1, 0.15) is 11.4 Å². The van der Waals surface area contributed by atoms with Gasteiger partial charge in [-0.3, -0.25) is 0 Å². The number of carbonyl (C=O) groups is 1. The van der Waals surface area contributed by atoms with Crippen molar-refractivity contribution in [1.82, 2.24) is 9.55 Å². The van der Waals surface area contributed by atoms with Gasteiger partial charge in [0.15, 0.2) is 0 Å². The second kappa shape index (κ2) is 5.14. The molecule has 0 amide bonds. The number of aliphatic carboxylic acids is 1. The molecule has 16 heavy (non-hydrogen) atoms. The maximum absolute atomic E-state index is 11.6. The standard InChI is InChI=1S/C12H20N2O2/c1-4-6-12(7-5-2,11(15)16)14-9-8-13-10(14)3/h8-9H,4-7H2,1-3H3,(H,15,16). The van der Waals surface area contributed by atoms with Crippen LogP contribution >= 0.6 is 0 Å². The molecule has 0 spiro atoms. The molecular formula is C12H20N2O2. The Hall–Kier alpha value is -1.32. The Kier molecular flexibility index (Phi) is 4.10. The fourth-order valence-electron chi connectivity index (χ4n) is 2.34. The molecule has 0 saturated heterocycles. The fraction of sp³-hybridized carbons (Fsp3) is 0.667. The predicted molar refractivity (Wildman–Crippen MR) is 62.4 cm³/mol. The van der Waals surface area contributed by atoms with Gasteiger partial charge in [-0.15, -0.1) is 0 Å². The number of hydrogen-bond acceptors (Lipinski definition) is 2. The van der Waals surface area contributed by atoms with Crippen molar-refractivity contribution < 1.29 is 9.90 Å². The van der Waals surface area contributed by atoms with Crippen molar-refractivity contribution in [3.05, 3.63) is 18.2 Å². The summed E-state index contributed by atoms with van der Waals surface area (Å²) in [7, 11) is 0. The molecule has 0 atom stereocenters. The zero-order valence-electron chi connectivity index (χ0n) is 10.2. The van der Waals surface area contributed by atoms with Crippen LogP contribution in [0.2, 0.25) is 0 Å². The van der Waals surface area contributed by atoms with E-state index in [9.17, 15) is 9.90 Å². The molecule has 0 radical (unpaired) electrons. The lowest BCUT2D eigenvalue weighted by molar-refractivity contribution is -0.148. The molecule has 4 nitrogen and oxygen atoms in total. The molecule has 1 rings (SSSR count). The molecule has 0 bridgehead atoms. The van der Waals surface area contributed by atoms with Crippen LogP contribution in [-0.2, 0) is 10.3 Å². The van der Waals surface area contributed by atoms with Crippen LogP contribution in [0.5, 0.6) is 0 Å². The summed E-state index contributed by atoms with van der Waals surface area (Å²) in [6.07, 6.45) is 6.43. The van der Waals surface area contributed by atoms with E-state index in [0.29, 0.717) is 12.8 Å². The summed E-state index contributed by atoms with van der Waals surface area (Å²) in [5.74, 6) is 0.0154. The van der Waals surface area contributed by atoms with E-state index in [1.807, 2.05) is 25.3 Å². The molecule has 90 valence electrons. The average Bonchev–Trinajstić information content (AvgIpc) is 2.64. The molecule has 1 N–H and O–H groups in total. The van der Waals surface area contributed by atoms with Gasteiger partial charge < -0.3 is 9.67 Å². The molecule has 0 aliphatic heterocycles. The number of carboxylic acid groups (broad SMARTS) is 1. The van der Waals surface area contributed by atoms with Crippen LogP contribution in [0, 0.1) is 6.92 Å². The maximum atomic E-state index is 11.6. The van der Waals surface area contributed by atoms with E-state index < -0.39 is 11.5 Å². The van der Waals surface area contributed by atoms with Crippen LogP contribution in [0.25, 0.3) is 0 Å². The fourth-order valence-corrected chi connectivity index (χ4v) is 2.34. The molecular weight excluding hydrogens is 204 g/mol. The highest BCUT2D eigenvalue weighted by Crippen LogP contribution is 2.30. The Labute approximate surface area is 96.3 Å². The first-order valence-corrected chi connectivity index (χ1v) is 5.82. The highest BCUT2D eigenvalue weighted by atomic mass is 16.4. The number of carboxylic acids is 1. The quantitative estimate of drug-likeness (QED) is 0.808. The van der Waals surface area contributed by atoms with Crippen molar-refractivity contribution in [1.29, 1.82) is 0 Å². The highest BCUT2D eigenvalue weighted by Gasteiger charge is 2.39. The van der Waals surface area contributed by atoms with Gasteiger partial charge in [0.25, 0.3) is 0 Å². The van der Waals surface area contributed by atoms with E-state index in [0.717, 1.165) is 18.7 Å². The van der Waals surface area contributed by atoms with Gasteiger partial charge in [0, 0.05) is 12.4 Å². The van der Waals surface area contributed by atoms with Gasteiger partial charge in [-0.1, -0.05) is 26.7 Å². The first-order chi connectivity index (χ1) is 7.58. The molecule has 1 aromatic heterocycles. The van der Waals surface area contributed by atoms with E-state index in [1.165, 1.54) is 0 Å². The lowest BCUT2D eigenvalue weighted by Gasteiger charge is -2.31. The number of hydrogen-bond donors (Lipinski definition) is 1. The van der Waals surface area contributed by atoms with Crippen LogP contribution in [-0.4, -0.2) is 20.6 Å². The van der Waals surface area contributed by atoms with Crippen LogP contribution in [0.4, 0.5) is 0 Å². The third-order valence-corrected chi connectivity index (χ3v) is 3.01.